The van der Waals surface area contributed by atoms with Crippen LogP contribution in [0.1, 0.15) is 32.1 Å². The van der Waals surface area contributed by atoms with Crippen LogP contribution in [0.3, 0.4) is 0 Å². The first-order valence-electron chi connectivity index (χ1n) is 5.99. The van der Waals surface area contributed by atoms with Gasteiger partial charge in [-0.2, -0.15) is 5.26 Å². The van der Waals surface area contributed by atoms with Crippen LogP contribution in [0, 0.1) is 29.1 Å². The van der Waals surface area contributed by atoms with Crippen LogP contribution >= 0.6 is 0 Å². The van der Waals surface area contributed by atoms with Gasteiger partial charge in [-0.05, 0) is 31.1 Å². The Balaban J connectivity index is 1.77. The normalized spacial score (nSPS) is 41.9. The van der Waals surface area contributed by atoms with Gasteiger partial charge in [0.25, 0.3) is 0 Å². The van der Waals surface area contributed by atoms with Gasteiger partial charge in [-0.1, -0.05) is 0 Å². The Morgan fingerprint density at radius 2 is 2.07 bits per heavy atom. The van der Waals surface area contributed by atoms with E-state index in [2.05, 4.69) is 6.07 Å². The second kappa shape index (κ2) is 3.47. The van der Waals surface area contributed by atoms with Crippen molar-refractivity contribution in [3.05, 3.63) is 0 Å². The minimum absolute atomic E-state index is 0.241. The molecule has 3 saturated carbocycles. The zero-order chi connectivity index (χ0) is 10.3. The molecule has 0 aromatic carbocycles. The standard InChI is InChI=1S/C12H17NO2/c13-4-3-9-7-11-2-1-10(9)8-12(11)14-5-6-15-12/h9-11H,1-3,5-8H2/t9-,10-,11-/m1/s1. The largest absolute Gasteiger partial charge is 0.347 e. The van der Waals surface area contributed by atoms with Gasteiger partial charge in [0.1, 0.15) is 0 Å². The molecule has 3 heteroatoms. The fourth-order valence-corrected chi connectivity index (χ4v) is 3.72. The maximum absolute atomic E-state index is 8.79. The Morgan fingerprint density at radius 1 is 1.27 bits per heavy atom. The molecular weight excluding hydrogens is 190 g/mol. The third-order valence-corrected chi connectivity index (χ3v) is 4.44. The first kappa shape index (κ1) is 9.62. The molecule has 1 saturated heterocycles. The van der Waals surface area contributed by atoms with Crippen molar-refractivity contribution in [3.8, 4) is 6.07 Å². The van der Waals surface area contributed by atoms with Crippen LogP contribution in [0.4, 0.5) is 0 Å². The van der Waals surface area contributed by atoms with Crippen molar-refractivity contribution < 1.29 is 9.47 Å². The summed E-state index contributed by atoms with van der Waals surface area (Å²) in [5, 5.41) is 8.79. The highest BCUT2D eigenvalue weighted by Crippen LogP contribution is 2.54. The lowest BCUT2D eigenvalue weighted by atomic mass is 9.61. The van der Waals surface area contributed by atoms with Crippen LogP contribution in [0.2, 0.25) is 0 Å². The second-order valence-corrected chi connectivity index (χ2v) is 5.11. The molecular formula is C12H17NO2. The summed E-state index contributed by atoms with van der Waals surface area (Å²) in [5.41, 5.74) is 0. The minimum atomic E-state index is -0.241. The first-order valence-corrected chi connectivity index (χ1v) is 5.99. The minimum Gasteiger partial charge on any atom is -0.347 e. The van der Waals surface area contributed by atoms with E-state index in [0.717, 1.165) is 32.5 Å². The average molecular weight is 207 g/mol. The highest BCUT2D eigenvalue weighted by Gasteiger charge is 2.54. The van der Waals surface area contributed by atoms with E-state index in [1.165, 1.54) is 12.8 Å². The monoisotopic (exact) mass is 207 g/mol. The summed E-state index contributed by atoms with van der Waals surface area (Å²) in [4.78, 5) is 0. The van der Waals surface area contributed by atoms with E-state index >= 15 is 0 Å². The SMILES string of the molecule is N#CC[C@@H]1C[C@H]2CC[C@@H]1CC21OCCO1. The number of fused-ring (bicyclic) bond motifs is 2. The summed E-state index contributed by atoms with van der Waals surface area (Å²) in [6.07, 6.45) is 5.39. The summed E-state index contributed by atoms with van der Waals surface area (Å²) in [6, 6.07) is 2.32. The van der Waals surface area contributed by atoms with Crippen molar-refractivity contribution in [2.24, 2.45) is 17.8 Å². The Bertz CT molecular complexity index is 290. The summed E-state index contributed by atoms with van der Waals surface area (Å²) < 4.78 is 11.7. The summed E-state index contributed by atoms with van der Waals surface area (Å²) in [7, 11) is 0. The molecule has 1 heterocycles. The Morgan fingerprint density at radius 3 is 2.67 bits per heavy atom. The molecule has 1 spiro atoms. The molecule has 4 aliphatic rings. The Hall–Kier alpha value is -0.590. The molecule has 3 atom stereocenters. The van der Waals surface area contributed by atoms with Crippen LogP contribution in [0.15, 0.2) is 0 Å². The maximum atomic E-state index is 8.79. The molecule has 15 heavy (non-hydrogen) atoms. The lowest BCUT2D eigenvalue weighted by molar-refractivity contribution is -0.249. The van der Waals surface area contributed by atoms with E-state index in [1.54, 1.807) is 0 Å². The molecule has 0 aromatic rings. The van der Waals surface area contributed by atoms with Crippen LogP contribution in [0.25, 0.3) is 0 Å². The third-order valence-electron chi connectivity index (χ3n) is 4.44. The van der Waals surface area contributed by atoms with Crippen LogP contribution in [0.5, 0.6) is 0 Å². The topological polar surface area (TPSA) is 42.2 Å². The molecule has 0 amide bonds. The number of rotatable bonds is 1. The lowest BCUT2D eigenvalue weighted by Crippen LogP contribution is -2.51. The van der Waals surface area contributed by atoms with Crippen molar-refractivity contribution in [2.75, 3.05) is 13.2 Å². The van der Waals surface area contributed by atoms with Gasteiger partial charge in [0, 0.05) is 18.8 Å². The maximum Gasteiger partial charge on any atom is 0.171 e. The van der Waals surface area contributed by atoms with Crippen LogP contribution in [-0.2, 0) is 9.47 Å². The van der Waals surface area contributed by atoms with Crippen molar-refractivity contribution in [2.45, 2.75) is 37.9 Å². The van der Waals surface area contributed by atoms with Crippen LogP contribution < -0.4 is 0 Å². The molecule has 3 aliphatic carbocycles. The first-order chi connectivity index (χ1) is 7.34. The molecule has 0 N–H and O–H groups in total. The molecule has 4 rings (SSSR count). The van der Waals surface area contributed by atoms with E-state index in [1.807, 2.05) is 0 Å². The van der Waals surface area contributed by atoms with E-state index in [4.69, 9.17) is 14.7 Å². The number of hydrogen-bond donors (Lipinski definition) is 0. The van der Waals surface area contributed by atoms with Gasteiger partial charge in [0.05, 0.1) is 19.3 Å². The molecule has 0 radical (unpaired) electrons. The fourth-order valence-electron chi connectivity index (χ4n) is 3.72. The number of ether oxygens (including phenoxy) is 2. The van der Waals surface area contributed by atoms with Gasteiger partial charge in [-0.15, -0.1) is 0 Å². The quantitative estimate of drug-likeness (QED) is 0.661. The second-order valence-electron chi connectivity index (χ2n) is 5.11. The lowest BCUT2D eigenvalue weighted by Gasteiger charge is -2.51. The highest BCUT2D eigenvalue weighted by atomic mass is 16.7. The average Bonchev–Trinajstić information content (AvgIpc) is 2.70. The summed E-state index contributed by atoms with van der Waals surface area (Å²) >= 11 is 0. The summed E-state index contributed by atoms with van der Waals surface area (Å²) in [6.45, 7) is 1.51. The number of nitrogens with zero attached hydrogens (tertiary/aromatic N) is 1. The zero-order valence-electron chi connectivity index (χ0n) is 8.95. The smallest absolute Gasteiger partial charge is 0.171 e. The molecule has 2 bridgehead atoms. The van der Waals surface area contributed by atoms with E-state index in [9.17, 15) is 0 Å². The zero-order valence-corrected chi connectivity index (χ0v) is 8.95. The summed E-state index contributed by atoms with van der Waals surface area (Å²) in [5.74, 6) is 1.57. The molecule has 82 valence electrons. The molecule has 0 aromatic heterocycles. The van der Waals surface area contributed by atoms with Gasteiger partial charge in [-0.25, -0.2) is 0 Å². The number of hydrogen-bond acceptors (Lipinski definition) is 3. The van der Waals surface area contributed by atoms with Crippen LogP contribution in [-0.4, -0.2) is 19.0 Å². The predicted octanol–water partition coefficient (Wildman–Crippen LogP) is 2.08. The highest BCUT2D eigenvalue weighted by molar-refractivity contribution is 5.00. The Kier molecular flexibility index (Phi) is 2.22. The van der Waals surface area contributed by atoms with Crippen molar-refractivity contribution >= 4 is 0 Å². The van der Waals surface area contributed by atoms with Crippen molar-refractivity contribution in [1.82, 2.24) is 0 Å². The predicted molar refractivity (Wildman–Crippen MR) is 53.8 cm³/mol. The third kappa shape index (κ3) is 1.39. The van der Waals surface area contributed by atoms with Crippen molar-refractivity contribution in [1.29, 1.82) is 5.26 Å². The van der Waals surface area contributed by atoms with Gasteiger partial charge in [-0.3, -0.25) is 0 Å². The molecule has 3 nitrogen and oxygen atoms in total. The van der Waals surface area contributed by atoms with Gasteiger partial charge in [0.2, 0.25) is 0 Å². The van der Waals surface area contributed by atoms with E-state index in [0.29, 0.717) is 17.8 Å². The van der Waals surface area contributed by atoms with E-state index in [-0.39, 0.29) is 5.79 Å². The van der Waals surface area contributed by atoms with Gasteiger partial charge < -0.3 is 9.47 Å². The Labute approximate surface area is 90.4 Å². The van der Waals surface area contributed by atoms with Gasteiger partial charge in [0.15, 0.2) is 5.79 Å². The fraction of sp³-hybridized carbons (Fsp3) is 0.917. The molecule has 1 aliphatic heterocycles. The van der Waals surface area contributed by atoms with E-state index < -0.39 is 0 Å². The van der Waals surface area contributed by atoms with Gasteiger partial charge >= 0.3 is 0 Å². The van der Waals surface area contributed by atoms with Crippen molar-refractivity contribution in [3.63, 3.8) is 0 Å². The number of nitriles is 1. The molecule has 0 unspecified atom stereocenters. The molecule has 4 fully saturated rings.